The second-order valence-electron chi connectivity index (χ2n) is 6.11. The van der Waals surface area contributed by atoms with Gasteiger partial charge < -0.3 is 25.4 Å². The number of allylic oxidation sites excluding steroid dienone is 1. The van der Waals surface area contributed by atoms with Crippen molar-refractivity contribution in [3.63, 3.8) is 0 Å². The topological polar surface area (TPSA) is 71.6 Å². The normalized spacial score (nSPS) is 16.1. The van der Waals surface area contributed by atoms with Gasteiger partial charge >= 0.3 is 0 Å². The minimum absolute atomic E-state index is 0.271. The van der Waals surface area contributed by atoms with Crippen LogP contribution in [0.15, 0.2) is 58.2 Å². The van der Waals surface area contributed by atoms with Crippen LogP contribution in [-0.2, 0) is 4.79 Å². The molecule has 1 amide bonds. The van der Waals surface area contributed by atoms with Crippen LogP contribution in [0.4, 0.5) is 5.69 Å². The molecule has 0 aliphatic carbocycles. The number of halogens is 1. The molecule has 2 aromatic rings. The summed E-state index contributed by atoms with van der Waals surface area (Å²) in [7, 11) is 3.12. The van der Waals surface area contributed by atoms with E-state index in [-0.39, 0.29) is 5.91 Å². The Morgan fingerprint density at radius 2 is 1.93 bits per heavy atom. The van der Waals surface area contributed by atoms with E-state index in [0.717, 1.165) is 10.0 Å². The number of rotatable bonds is 5. The van der Waals surface area contributed by atoms with Crippen LogP contribution in [-0.4, -0.2) is 25.2 Å². The molecule has 0 saturated carbocycles. The molecule has 1 heterocycles. The van der Waals surface area contributed by atoms with Crippen LogP contribution in [0.2, 0.25) is 0 Å². The molecule has 146 valence electrons. The molecule has 1 aliphatic heterocycles. The number of ether oxygens (including phenoxy) is 2. The molecule has 28 heavy (non-hydrogen) atoms. The van der Waals surface area contributed by atoms with Crippen molar-refractivity contribution < 1.29 is 14.3 Å². The van der Waals surface area contributed by atoms with Crippen molar-refractivity contribution in [3.05, 3.63) is 63.8 Å². The zero-order valence-electron chi connectivity index (χ0n) is 15.6. The van der Waals surface area contributed by atoms with Crippen LogP contribution in [0.5, 0.6) is 11.5 Å². The van der Waals surface area contributed by atoms with Gasteiger partial charge in [-0.25, -0.2) is 0 Å². The molecular formula is C20H20BrN3O3S. The van der Waals surface area contributed by atoms with Crippen LogP contribution in [0.1, 0.15) is 18.5 Å². The summed E-state index contributed by atoms with van der Waals surface area (Å²) in [5.41, 5.74) is 2.65. The van der Waals surface area contributed by atoms with Gasteiger partial charge in [-0.1, -0.05) is 34.1 Å². The molecule has 1 atom stereocenters. The number of hydrogen-bond donors (Lipinski definition) is 3. The number of methoxy groups -OCH3 is 2. The van der Waals surface area contributed by atoms with Gasteiger partial charge in [0.2, 0.25) is 0 Å². The van der Waals surface area contributed by atoms with Crippen molar-refractivity contribution in [3.8, 4) is 11.5 Å². The van der Waals surface area contributed by atoms with Crippen molar-refractivity contribution >= 4 is 44.9 Å². The number of carbonyl (C=O) groups excluding carboxylic acids is 1. The van der Waals surface area contributed by atoms with Crippen molar-refractivity contribution in [2.45, 2.75) is 13.0 Å². The van der Waals surface area contributed by atoms with Crippen LogP contribution in [0, 0.1) is 0 Å². The number of nitrogens with one attached hydrogen (secondary N) is 3. The van der Waals surface area contributed by atoms with E-state index in [2.05, 4.69) is 31.9 Å². The highest BCUT2D eigenvalue weighted by Gasteiger charge is 2.31. The van der Waals surface area contributed by atoms with Gasteiger partial charge in [0.15, 0.2) is 5.11 Å². The van der Waals surface area contributed by atoms with Crippen molar-refractivity contribution in [2.75, 3.05) is 19.5 Å². The van der Waals surface area contributed by atoms with Gasteiger partial charge in [-0.05, 0) is 42.9 Å². The van der Waals surface area contributed by atoms with E-state index in [1.807, 2.05) is 31.2 Å². The van der Waals surface area contributed by atoms with E-state index >= 15 is 0 Å². The summed E-state index contributed by atoms with van der Waals surface area (Å²) >= 11 is 8.87. The third-order valence-corrected chi connectivity index (χ3v) is 5.33. The Balaban J connectivity index is 2.00. The summed E-state index contributed by atoms with van der Waals surface area (Å²) in [6.45, 7) is 1.83. The Morgan fingerprint density at radius 3 is 2.61 bits per heavy atom. The zero-order valence-corrected chi connectivity index (χ0v) is 18.0. The van der Waals surface area contributed by atoms with E-state index in [1.165, 1.54) is 0 Å². The average Bonchev–Trinajstić information content (AvgIpc) is 2.67. The highest BCUT2D eigenvalue weighted by atomic mass is 79.9. The fraction of sp³-hybridized carbons (Fsp3) is 0.200. The lowest BCUT2D eigenvalue weighted by Crippen LogP contribution is -2.45. The lowest BCUT2D eigenvalue weighted by atomic mass is 9.95. The Hall–Kier alpha value is -2.58. The molecule has 1 unspecified atom stereocenters. The van der Waals surface area contributed by atoms with Gasteiger partial charge in [0, 0.05) is 16.2 Å². The van der Waals surface area contributed by atoms with Crippen molar-refractivity contribution in [2.24, 2.45) is 0 Å². The summed E-state index contributed by atoms with van der Waals surface area (Å²) < 4.78 is 11.5. The monoisotopic (exact) mass is 461 g/mol. The number of carbonyl (C=O) groups is 1. The van der Waals surface area contributed by atoms with Gasteiger partial charge in [0.05, 0.1) is 31.5 Å². The van der Waals surface area contributed by atoms with Gasteiger partial charge in [-0.3, -0.25) is 4.79 Å². The van der Waals surface area contributed by atoms with Gasteiger partial charge in [0.1, 0.15) is 11.5 Å². The number of anilines is 1. The summed E-state index contributed by atoms with van der Waals surface area (Å²) in [5, 5.41) is 9.62. The average molecular weight is 462 g/mol. The molecule has 3 rings (SSSR count). The Morgan fingerprint density at radius 1 is 1.18 bits per heavy atom. The zero-order chi connectivity index (χ0) is 20.3. The lowest BCUT2D eigenvalue weighted by molar-refractivity contribution is -0.113. The quantitative estimate of drug-likeness (QED) is 0.586. The first kappa shape index (κ1) is 20.2. The van der Waals surface area contributed by atoms with Crippen LogP contribution < -0.4 is 25.4 Å². The molecule has 0 fully saturated rings. The van der Waals surface area contributed by atoms with E-state index in [1.54, 1.807) is 32.4 Å². The van der Waals surface area contributed by atoms with Crippen LogP contribution in [0.3, 0.4) is 0 Å². The summed E-state index contributed by atoms with van der Waals surface area (Å²) in [6, 6.07) is 12.5. The van der Waals surface area contributed by atoms with Crippen molar-refractivity contribution in [1.29, 1.82) is 0 Å². The lowest BCUT2D eigenvalue weighted by Gasteiger charge is -2.31. The predicted octanol–water partition coefficient (Wildman–Crippen LogP) is 3.90. The molecule has 3 N–H and O–H groups in total. The maximum absolute atomic E-state index is 13.2. The van der Waals surface area contributed by atoms with Crippen LogP contribution >= 0.6 is 28.1 Å². The second-order valence-corrected chi connectivity index (χ2v) is 7.37. The number of amides is 1. The van der Waals surface area contributed by atoms with E-state index in [4.69, 9.17) is 21.7 Å². The molecule has 1 aliphatic rings. The molecule has 0 spiro atoms. The third kappa shape index (κ3) is 4.13. The van der Waals surface area contributed by atoms with E-state index in [0.29, 0.717) is 33.6 Å². The molecule has 8 heteroatoms. The maximum atomic E-state index is 13.2. The van der Waals surface area contributed by atoms with Crippen LogP contribution in [0.25, 0.3) is 0 Å². The van der Waals surface area contributed by atoms with Gasteiger partial charge in [0.25, 0.3) is 5.91 Å². The molecule has 2 aromatic carbocycles. The highest BCUT2D eigenvalue weighted by molar-refractivity contribution is 9.10. The number of thiocarbonyl (C=S) groups is 1. The highest BCUT2D eigenvalue weighted by Crippen LogP contribution is 2.34. The van der Waals surface area contributed by atoms with E-state index < -0.39 is 6.04 Å². The van der Waals surface area contributed by atoms with E-state index in [9.17, 15) is 4.79 Å². The summed E-state index contributed by atoms with van der Waals surface area (Å²) in [5.74, 6) is 0.884. The molecular weight excluding hydrogens is 442 g/mol. The third-order valence-electron chi connectivity index (χ3n) is 4.38. The Bertz CT molecular complexity index is 961. The standard InChI is InChI=1S/C20H20BrN3O3S/c1-11-17(18(24-20(28)22-11)13-6-4-5-7-14(13)21)19(25)23-15-10-12(26-2)8-9-16(15)27-3/h4-10,18H,1-3H3,(H,23,25)(H2,22,24,28). The molecule has 6 nitrogen and oxygen atoms in total. The summed E-state index contributed by atoms with van der Waals surface area (Å²) in [6.07, 6.45) is 0. The smallest absolute Gasteiger partial charge is 0.255 e. The van der Waals surface area contributed by atoms with Gasteiger partial charge in [-0.2, -0.15) is 0 Å². The van der Waals surface area contributed by atoms with Crippen molar-refractivity contribution in [1.82, 2.24) is 10.6 Å². The Labute approximate surface area is 177 Å². The predicted molar refractivity (Wildman–Crippen MR) is 117 cm³/mol. The minimum Gasteiger partial charge on any atom is -0.497 e. The first-order chi connectivity index (χ1) is 13.4. The molecule has 0 bridgehead atoms. The number of benzene rings is 2. The Kier molecular flexibility index (Phi) is 6.21. The first-order valence-corrected chi connectivity index (χ1v) is 9.70. The molecule has 0 saturated heterocycles. The molecule has 0 radical (unpaired) electrons. The first-order valence-electron chi connectivity index (χ1n) is 8.50. The largest absolute Gasteiger partial charge is 0.497 e. The fourth-order valence-electron chi connectivity index (χ4n) is 3.04. The SMILES string of the molecule is COc1ccc(OC)c(NC(=O)C2=C(C)NC(=S)NC2c2ccccc2Br)c1. The molecule has 0 aromatic heterocycles. The van der Waals surface area contributed by atoms with Gasteiger partial charge in [-0.15, -0.1) is 0 Å². The second kappa shape index (κ2) is 8.62. The minimum atomic E-state index is -0.402. The summed E-state index contributed by atoms with van der Waals surface area (Å²) in [4.78, 5) is 13.2. The maximum Gasteiger partial charge on any atom is 0.255 e. The fourth-order valence-corrected chi connectivity index (χ4v) is 3.82. The number of hydrogen-bond acceptors (Lipinski definition) is 4.